The van der Waals surface area contributed by atoms with Crippen LogP contribution in [0.4, 0.5) is 11.4 Å². The van der Waals surface area contributed by atoms with Crippen LogP contribution in [0.25, 0.3) is 0 Å². The minimum Gasteiger partial charge on any atom is -0.508 e. The summed E-state index contributed by atoms with van der Waals surface area (Å²) in [6.45, 7) is 0. The van der Waals surface area contributed by atoms with Crippen LogP contribution in [0.5, 0.6) is 5.75 Å². The van der Waals surface area contributed by atoms with Gasteiger partial charge in [-0.25, -0.2) is 0 Å². The lowest BCUT2D eigenvalue weighted by Crippen LogP contribution is -2.24. The van der Waals surface area contributed by atoms with Crippen molar-refractivity contribution in [2.45, 2.75) is 12.6 Å². The Morgan fingerprint density at radius 3 is 2.62 bits per heavy atom. The van der Waals surface area contributed by atoms with Gasteiger partial charge in [0.15, 0.2) is 5.69 Å². The van der Waals surface area contributed by atoms with Crippen LogP contribution in [0.15, 0.2) is 52.7 Å². The Morgan fingerprint density at radius 1 is 1.33 bits per heavy atom. The van der Waals surface area contributed by atoms with Gasteiger partial charge in [-0.2, -0.15) is 10.4 Å². The highest BCUT2D eigenvalue weighted by atomic mass is 16.6. The Bertz CT molecular complexity index is 796. The molecule has 0 aliphatic rings. The first kappa shape index (κ1) is 17.1. The van der Waals surface area contributed by atoms with Crippen molar-refractivity contribution >= 4 is 11.4 Å². The second kappa shape index (κ2) is 7.80. The average Bonchev–Trinajstić information content (AvgIpc) is 2.60. The van der Waals surface area contributed by atoms with E-state index in [0.717, 1.165) is 5.56 Å². The molecule has 0 spiro atoms. The van der Waals surface area contributed by atoms with Gasteiger partial charge >= 0.3 is 0 Å². The van der Waals surface area contributed by atoms with Gasteiger partial charge in [0.2, 0.25) is 0 Å². The number of nitrogens with zero attached hydrogens (tertiary/aromatic N) is 4. The Balaban J connectivity index is 2.20. The summed E-state index contributed by atoms with van der Waals surface area (Å²) in [5.74, 6) is 0.176. The molecule has 0 aliphatic heterocycles. The molecular formula is C16H15N5O3. The monoisotopic (exact) mass is 325 g/mol. The molecule has 0 heterocycles. The standard InChI is InChI=1S/C16H15N5O3/c1-18-16(9-11-2-5-13(22)6-3-11)20-19-14-7-4-12(10-17)8-15(14)21(23)24/h2-8,16,18,22H,9H2,1H3. The summed E-state index contributed by atoms with van der Waals surface area (Å²) in [4.78, 5) is 10.5. The molecule has 0 radical (unpaired) electrons. The van der Waals surface area contributed by atoms with Crippen molar-refractivity contribution in [2.75, 3.05) is 7.05 Å². The number of hydrogen-bond acceptors (Lipinski definition) is 7. The molecule has 0 fully saturated rings. The summed E-state index contributed by atoms with van der Waals surface area (Å²) in [5.41, 5.74) is 0.942. The average molecular weight is 325 g/mol. The zero-order valence-corrected chi connectivity index (χ0v) is 12.9. The molecule has 1 unspecified atom stereocenters. The summed E-state index contributed by atoms with van der Waals surface area (Å²) >= 11 is 0. The fraction of sp³-hybridized carbons (Fsp3) is 0.188. The molecule has 0 bridgehead atoms. The largest absolute Gasteiger partial charge is 0.508 e. The first-order valence-electron chi connectivity index (χ1n) is 7.08. The predicted molar refractivity (Wildman–Crippen MR) is 87.0 cm³/mol. The van der Waals surface area contributed by atoms with Crippen LogP contribution in [0.1, 0.15) is 11.1 Å². The molecule has 0 aromatic heterocycles. The highest BCUT2D eigenvalue weighted by Crippen LogP contribution is 2.28. The molecule has 2 N–H and O–H groups in total. The van der Waals surface area contributed by atoms with Crippen molar-refractivity contribution in [1.82, 2.24) is 5.32 Å². The second-order valence-electron chi connectivity index (χ2n) is 4.96. The third kappa shape index (κ3) is 4.34. The lowest BCUT2D eigenvalue weighted by atomic mass is 10.1. The molecular weight excluding hydrogens is 310 g/mol. The third-order valence-electron chi connectivity index (χ3n) is 3.30. The van der Waals surface area contributed by atoms with Gasteiger partial charge < -0.3 is 5.11 Å². The summed E-state index contributed by atoms with van der Waals surface area (Å²) in [7, 11) is 1.71. The van der Waals surface area contributed by atoms with Crippen LogP contribution in [-0.2, 0) is 6.42 Å². The maximum atomic E-state index is 11.1. The number of nitriles is 1. The summed E-state index contributed by atoms with van der Waals surface area (Å²) in [5, 5.41) is 40.2. The Morgan fingerprint density at radius 2 is 2.04 bits per heavy atom. The van der Waals surface area contributed by atoms with E-state index in [2.05, 4.69) is 15.5 Å². The van der Waals surface area contributed by atoms with E-state index < -0.39 is 4.92 Å². The topological polar surface area (TPSA) is 124 Å². The zero-order chi connectivity index (χ0) is 17.5. The van der Waals surface area contributed by atoms with Crippen LogP contribution in [-0.4, -0.2) is 23.2 Å². The third-order valence-corrected chi connectivity index (χ3v) is 3.30. The van der Waals surface area contributed by atoms with Crippen LogP contribution in [0.3, 0.4) is 0 Å². The molecule has 24 heavy (non-hydrogen) atoms. The van der Waals surface area contributed by atoms with Crippen LogP contribution in [0.2, 0.25) is 0 Å². The molecule has 2 aromatic carbocycles. The van der Waals surface area contributed by atoms with Gasteiger partial charge in [-0.15, -0.1) is 5.11 Å². The van der Waals surface area contributed by atoms with E-state index in [4.69, 9.17) is 5.26 Å². The van der Waals surface area contributed by atoms with Crippen LogP contribution < -0.4 is 5.32 Å². The molecule has 8 nitrogen and oxygen atoms in total. The number of nitro benzene ring substituents is 1. The minimum absolute atomic E-state index is 0.0879. The predicted octanol–water partition coefficient (Wildman–Crippen LogP) is 3.04. The van der Waals surface area contributed by atoms with E-state index in [1.807, 2.05) is 6.07 Å². The van der Waals surface area contributed by atoms with Gasteiger partial charge in [-0.05, 0) is 36.9 Å². The maximum absolute atomic E-state index is 11.1. The Labute approximate surface area is 138 Å². The summed E-state index contributed by atoms with van der Waals surface area (Å²) in [6, 6.07) is 12.5. The number of nitro groups is 1. The van der Waals surface area contributed by atoms with E-state index >= 15 is 0 Å². The minimum atomic E-state index is -0.594. The number of rotatable bonds is 6. The fourth-order valence-corrected chi connectivity index (χ4v) is 2.01. The van der Waals surface area contributed by atoms with E-state index in [1.54, 1.807) is 31.3 Å². The van der Waals surface area contributed by atoms with Gasteiger partial charge in [0.1, 0.15) is 11.9 Å². The zero-order valence-electron chi connectivity index (χ0n) is 12.9. The number of aromatic hydroxyl groups is 1. The van der Waals surface area contributed by atoms with E-state index in [1.165, 1.54) is 18.2 Å². The van der Waals surface area contributed by atoms with Gasteiger partial charge in [0.25, 0.3) is 5.69 Å². The van der Waals surface area contributed by atoms with Crippen LogP contribution >= 0.6 is 0 Å². The van der Waals surface area contributed by atoms with Crippen molar-refractivity contribution in [3.8, 4) is 11.8 Å². The Kier molecular flexibility index (Phi) is 5.54. The van der Waals surface area contributed by atoms with Crippen molar-refractivity contribution in [3.63, 3.8) is 0 Å². The number of likely N-dealkylation sites (N-methyl/N-ethyl adjacent to an activating group) is 1. The van der Waals surface area contributed by atoms with Crippen LogP contribution in [0, 0.1) is 21.4 Å². The van der Waals surface area contributed by atoms with Crippen molar-refractivity contribution in [2.24, 2.45) is 10.2 Å². The molecule has 1 atom stereocenters. The normalized spacial score (nSPS) is 12.0. The molecule has 122 valence electrons. The smallest absolute Gasteiger partial charge is 0.298 e. The van der Waals surface area contributed by atoms with Gasteiger partial charge in [-0.1, -0.05) is 12.1 Å². The fourth-order valence-electron chi connectivity index (χ4n) is 2.01. The molecule has 0 saturated heterocycles. The first-order valence-corrected chi connectivity index (χ1v) is 7.08. The number of hydrogen-bond donors (Lipinski definition) is 2. The highest BCUT2D eigenvalue weighted by molar-refractivity contribution is 5.59. The Hall–Kier alpha value is -3.31. The van der Waals surface area contributed by atoms with E-state index in [-0.39, 0.29) is 28.9 Å². The van der Waals surface area contributed by atoms with E-state index in [0.29, 0.717) is 6.42 Å². The first-order chi connectivity index (χ1) is 11.5. The molecule has 8 heteroatoms. The van der Waals surface area contributed by atoms with Crippen molar-refractivity contribution in [3.05, 3.63) is 63.7 Å². The molecule has 2 rings (SSSR count). The van der Waals surface area contributed by atoms with Crippen molar-refractivity contribution in [1.29, 1.82) is 5.26 Å². The van der Waals surface area contributed by atoms with Crippen molar-refractivity contribution < 1.29 is 10.0 Å². The number of phenols is 1. The van der Waals surface area contributed by atoms with Gasteiger partial charge in [0, 0.05) is 12.5 Å². The SMILES string of the molecule is CNC(Cc1ccc(O)cc1)N=Nc1ccc(C#N)cc1[N+](=O)[O-]. The molecule has 0 saturated carbocycles. The quantitative estimate of drug-likeness (QED) is 0.480. The lowest BCUT2D eigenvalue weighted by molar-refractivity contribution is -0.384. The number of benzene rings is 2. The number of nitrogens with one attached hydrogen (secondary N) is 1. The number of azo groups is 1. The molecule has 2 aromatic rings. The lowest BCUT2D eigenvalue weighted by Gasteiger charge is -2.10. The molecule has 0 aliphatic carbocycles. The van der Waals surface area contributed by atoms with Gasteiger partial charge in [0.05, 0.1) is 16.6 Å². The second-order valence-corrected chi connectivity index (χ2v) is 4.96. The van der Waals surface area contributed by atoms with Gasteiger partial charge in [-0.3, -0.25) is 15.4 Å². The molecule has 0 amide bonds. The number of phenolic OH excluding ortho intramolecular Hbond substituents is 1. The highest BCUT2D eigenvalue weighted by Gasteiger charge is 2.15. The van der Waals surface area contributed by atoms with E-state index in [9.17, 15) is 15.2 Å². The summed E-state index contributed by atoms with van der Waals surface area (Å²) < 4.78 is 0. The maximum Gasteiger partial charge on any atom is 0.298 e. The summed E-state index contributed by atoms with van der Waals surface area (Å²) in [6.07, 6.45) is 0.120.